The molecule has 1 saturated heterocycles. The molecule has 0 aliphatic carbocycles. The second-order valence-electron chi connectivity index (χ2n) is 3.16. The zero-order valence-corrected chi connectivity index (χ0v) is 8.08. The van der Waals surface area contributed by atoms with E-state index in [0.717, 1.165) is 39.5 Å². The Morgan fingerprint density at radius 1 is 1.58 bits per heavy atom. The summed E-state index contributed by atoms with van der Waals surface area (Å²) in [6.45, 7) is 9.72. The van der Waals surface area contributed by atoms with E-state index in [1.807, 2.05) is 6.92 Å². The van der Waals surface area contributed by atoms with Gasteiger partial charge in [-0.2, -0.15) is 0 Å². The standard InChI is InChI=1S/C9H19NO2/c1-3-11-6-4-10-5-7-12-8-9(10)2/h9H,3-8H2,1-2H3/t9-/m0/s1. The highest BCUT2D eigenvalue weighted by Gasteiger charge is 2.17. The molecule has 0 aromatic heterocycles. The molecule has 3 nitrogen and oxygen atoms in total. The number of rotatable bonds is 4. The van der Waals surface area contributed by atoms with Gasteiger partial charge >= 0.3 is 0 Å². The second-order valence-corrected chi connectivity index (χ2v) is 3.16. The molecule has 1 aliphatic rings. The van der Waals surface area contributed by atoms with Gasteiger partial charge in [0, 0.05) is 25.7 Å². The van der Waals surface area contributed by atoms with Crippen molar-refractivity contribution in [3.05, 3.63) is 0 Å². The van der Waals surface area contributed by atoms with Gasteiger partial charge in [0.1, 0.15) is 0 Å². The van der Waals surface area contributed by atoms with E-state index in [2.05, 4.69) is 11.8 Å². The van der Waals surface area contributed by atoms with Crippen molar-refractivity contribution in [1.82, 2.24) is 4.90 Å². The van der Waals surface area contributed by atoms with Crippen molar-refractivity contribution in [2.24, 2.45) is 0 Å². The van der Waals surface area contributed by atoms with Crippen LogP contribution in [0.3, 0.4) is 0 Å². The van der Waals surface area contributed by atoms with Gasteiger partial charge in [-0.1, -0.05) is 0 Å². The lowest BCUT2D eigenvalue weighted by atomic mass is 10.2. The topological polar surface area (TPSA) is 21.7 Å². The first-order valence-electron chi connectivity index (χ1n) is 4.74. The molecule has 1 fully saturated rings. The van der Waals surface area contributed by atoms with Gasteiger partial charge in [0.2, 0.25) is 0 Å². The van der Waals surface area contributed by atoms with Crippen molar-refractivity contribution in [2.75, 3.05) is 39.5 Å². The largest absolute Gasteiger partial charge is 0.380 e. The SMILES string of the molecule is CCOCCN1CCOC[C@@H]1C. The van der Waals surface area contributed by atoms with Crippen molar-refractivity contribution in [3.8, 4) is 0 Å². The van der Waals surface area contributed by atoms with Crippen LogP contribution in [0.2, 0.25) is 0 Å². The Bertz CT molecular complexity index is 119. The summed E-state index contributed by atoms with van der Waals surface area (Å²) < 4.78 is 10.6. The maximum absolute atomic E-state index is 5.34. The summed E-state index contributed by atoms with van der Waals surface area (Å²) in [6, 6.07) is 0.555. The highest BCUT2D eigenvalue weighted by Crippen LogP contribution is 2.04. The molecule has 3 heteroatoms. The molecular weight excluding hydrogens is 154 g/mol. The predicted octanol–water partition coefficient (Wildman–Crippen LogP) is 0.744. The van der Waals surface area contributed by atoms with Crippen LogP contribution in [0.4, 0.5) is 0 Å². The Balaban J connectivity index is 2.11. The molecule has 1 atom stereocenters. The van der Waals surface area contributed by atoms with Crippen molar-refractivity contribution < 1.29 is 9.47 Å². The summed E-state index contributed by atoms with van der Waals surface area (Å²) in [5.74, 6) is 0. The zero-order chi connectivity index (χ0) is 8.81. The Morgan fingerprint density at radius 3 is 3.08 bits per heavy atom. The quantitative estimate of drug-likeness (QED) is 0.585. The molecule has 0 aromatic rings. The molecule has 0 N–H and O–H groups in total. The van der Waals surface area contributed by atoms with Crippen LogP contribution in [-0.4, -0.2) is 50.5 Å². The summed E-state index contributed by atoms with van der Waals surface area (Å²) in [4.78, 5) is 2.42. The van der Waals surface area contributed by atoms with E-state index in [9.17, 15) is 0 Å². The van der Waals surface area contributed by atoms with Gasteiger partial charge in [-0.25, -0.2) is 0 Å². The van der Waals surface area contributed by atoms with Crippen molar-refractivity contribution in [2.45, 2.75) is 19.9 Å². The normalized spacial score (nSPS) is 26.0. The van der Waals surface area contributed by atoms with Crippen LogP contribution < -0.4 is 0 Å². The number of nitrogens with zero attached hydrogens (tertiary/aromatic N) is 1. The maximum atomic E-state index is 5.34. The van der Waals surface area contributed by atoms with Gasteiger partial charge in [0.15, 0.2) is 0 Å². The van der Waals surface area contributed by atoms with Crippen molar-refractivity contribution in [3.63, 3.8) is 0 Å². The fourth-order valence-electron chi connectivity index (χ4n) is 1.42. The summed E-state index contributed by atoms with van der Waals surface area (Å²) in [5.41, 5.74) is 0. The highest BCUT2D eigenvalue weighted by atomic mass is 16.5. The summed E-state index contributed by atoms with van der Waals surface area (Å²) in [5, 5.41) is 0. The molecule has 0 bridgehead atoms. The van der Waals surface area contributed by atoms with E-state index in [1.165, 1.54) is 0 Å². The minimum Gasteiger partial charge on any atom is -0.380 e. The van der Waals surface area contributed by atoms with Gasteiger partial charge in [-0.15, -0.1) is 0 Å². The molecule has 1 aliphatic heterocycles. The second kappa shape index (κ2) is 5.51. The van der Waals surface area contributed by atoms with Crippen LogP contribution >= 0.6 is 0 Å². The monoisotopic (exact) mass is 173 g/mol. The maximum Gasteiger partial charge on any atom is 0.0619 e. The highest BCUT2D eigenvalue weighted by molar-refractivity contribution is 4.70. The lowest BCUT2D eigenvalue weighted by Gasteiger charge is -2.32. The lowest BCUT2D eigenvalue weighted by molar-refractivity contribution is -0.0128. The number of hydrogen-bond donors (Lipinski definition) is 0. The average molecular weight is 173 g/mol. The van der Waals surface area contributed by atoms with Crippen LogP contribution in [-0.2, 0) is 9.47 Å². The zero-order valence-electron chi connectivity index (χ0n) is 8.08. The van der Waals surface area contributed by atoms with Crippen molar-refractivity contribution >= 4 is 0 Å². The predicted molar refractivity (Wildman–Crippen MR) is 48.3 cm³/mol. The molecule has 0 amide bonds. The van der Waals surface area contributed by atoms with E-state index in [0.29, 0.717) is 6.04 Å². The molecule has 1 heterocycles. The number of morpholine rings is 1. The van der Waals surface area contributed by atoms with Gasteiger partial charge in [0.05, 0.1) is 19.8 Å². The summed E-state index contributed by atoms with van der Waals surface area (Å²) in [7, 11) is 0. The molecule has 12 heavy (non-hydrogen) atoms. The number of ether oxygens (including phenoxy) is 2. The van der Waals surface area contributed by atoms with E-state index >= 15 is 0 Å². The summed E-state index contributed by atoms with van der Waals surface area (Å²) >= 11 is 0. The van der Waals surface area contributed by atoms with Crippen molar-refractivity contribution in [1.29, 1.82) is 0 Å². The lowest BCUT2D eigenvalue weighted by Crippen LogP contribution is -2.45. The first-order valence-corrected chi connectivity index (χ1v) is 4.74. The van der Waals surface area contributed by atoms with E-state index in [4.69, 9.17) is 9.47 Å². The van der Waals surface area contributed by atoms with Gasteiger partial charge in [0.25, 0.3) is 0 Å². The Labute approximate surface area is 74.6 Å². The molecule has 0 unspecified atom stereocenters. The minimum atomic E-state index is 0.555. The molecular formula is C9H19NO2. The van der Waals surface area contributed by atoms with Gasteiger partial charge in [-0.3, -0.25) is 4.90 Å². The minimum absolute atomic E-state index is 0.555. The first-order chi connectivity index (χ1) is 5.84. The molecule has 0 radical (unpaired) electrons. The van der Waals surface area contributed by atoms with Gasteiger partial charge < -0.3 is 9.47 Å². The third-order valence-electron chi connectivity index (χ3n) is 2.23. The van der Waals surface area contributed by atoms with Crippen LogP contribution in [0.15, 0.2) is 0 Å². The third-order valence-corrected chi connectivity index (χ3v) is 2.23. The van der Waals surface area contributed by atoms with E-state index in [-0.39, 0.29) is 0 Å². The summed E-state index contributed by atoms with van der Waals surface area (Å²) in [6.07, 6.45) is 0. The van der Waals surface area contributed by atoms with E-state index < -0.39 is 0 Å². The van der Waals surface area contributed by atoms with Crippen LogP contribution in [0.25, 0.3) is 0 Å². The number of hydrogen-bond acceptors (Lipinski definition) is 3. The van der Waals surface area contributed by atoms with Crippen LogP contribution in [0.1, 0.15) is 13.8 Å². The fraction of sp³-hybridized carbons (Fsp3) is 1.00. The molecule has 72 valence electrons. The molecule has 0 spiro atoms. The Hall–Kier alpha value is -0.120. The van der Waals surface area contributed by atoms with Gasteiger partial charge in [-0.05, 0) is 13.8 Å². The Morgan fingerprint density at radius 2 is 2.42 bits per heavy atom. The molecule has 0 aromatic carbocycles. The Kier molecular flexibility index (Phi) is 4.58. The molecule has 1 rings (SSSR count). The van der Waals surface area contributed by atoms with Crippen LogP contribution in [0, 0.1) is 0 Å². The average Bonchev–Trinajstić information content (AvgIpc) is 2.09. The van der Waals surface area contributed by atoms with E-state index in [1.54, 1.807) is 0 Å². The fourth-order valence-corrected chi connectivity index (χ4v) is 1.42. The molecule has 0 saturated carbocycles. The first kappa shape index (κ1) is 9.96. The smallest absolute Gasteiger partial charge is 0.0619 e. The van der Waals surface area contributed by atoms with Crippen LogP contribution in [0.5, 0.6) is 0 Å². The third kappa shape index (κ3) is 3.09.